The number of allylic oxidation sites excluding steroid dienone is 3. The van der Waals surface area contributed by atoms with Crippen molar-refractivity contribution >= 4 is 0 Å². The number of hydrogen-bond donors (Lipinski definition) is 7. The van der Waals surface area contributed by atoms with Crippen molar-refractivity contribution in [2.24, 2.45) is 38.4 Å². The molecule has 0 spiro atoms. The SMILES string of the molecule is C[C@H]1O[C@@H](O[C@H]2CC[C@]3(C)[C@H]4C=CC5=C6CC(C)(C)CC[C@]6(CO)[C@H](O)C[C@@]5(C)[C@]4(C)CC[C@@]3(O)[C@]2(C)CO)[C@H](O)[C@@H](O)[C@H]1O. The second-order valence-electron chi connectivity index (χ2n) is 17.6. The highest BCUT2D eigenvalue weighted by Crippen LogP contribution is 2.75. The van der Waals surface area contributed by atoms with E-state index in [1.54, 1.807) is 6.92 Å². The van der Waals surface area contributed by atoms with Gasteiger partial charge in [-0.05, 0) is 80.6 Å². The van der Waals surface area contributed by atoms with Crippen LogP contribution in [0.1, 0.15) is 99.8 Å². The molecule has 1 heterocycles. The summed E-state index contributed by atoms with van der Waals surface area (Å²) in [5.74, 6) is -0.0659. The average molecular weight is 635 g/mol. The van der Waals surface area contributed by atoms with Gasteiger partial charge in [-0.1, -0.05) is 59.3 Å². The van der Waals surface area contributed by atoms with Gasteiger partial charge < -0.3 is 45.2 Å². The highest BCUT2D eigenvalue weighted by atomic mass is 16.7. The van der Waals surface area contributed by atoms with Crippen LogP contribution in [0.4, 0.5) is 0 Å². The lowest BCUT2D eigenvalue weighted by molar-refractivity contribution is -0.349. The molecule has 256 valence electrons. The number of aliphatic hydroxyl groups excluding tert-OH is 6. The molecule has 0 amide bonds. The molecule has 9 nitrogen and oxygen atoms in total. The Bertz CT molecular complexity index is 1250. The molecule has 0 aromatic carbocycles. The van der Waals surface area contributed by atoms with Crippen LogP contribution in [0.25, 0.3) is 0 Å². The minimum Gasteiger partial charge on any atom is -0.396 e. The molecule has 4 fully saturated rings. The Balaban J connectivity index is 1.40. The number of rotatable bonds is 4. The summed E-state index contributed by atoms with van der Waals surface area (Å²) >= 11 is 0. The van der Waals surface area contributed by atoms with Crippen molar-refractivity contribution in [2.75, 3.05) is 13.2 Å². The van der Waals surface area contributed by atoms with Crippen molar-refractivity contribution in [2.45, 2.75) is 148 Å². The van der Waals surface area contributed by atoms with E-state index < -0.39 is 64.8 Å². The molecule has 0 unspecified atom stereocenters. The molecule has 6 aliphatic rings. The molecule has 1 saturated heterocycles. The van der Waals surface area contributed by atoms with E-state index in [0.717, 1.165) is 19.3 Å². The van der Waals surface area contributed by atoms with Crippen molar-refractivity contribution in [3.63, 3.8) is 0 Å². The minimum absolute atomic E-state index is 0.0605. The third kappa shape index (κ3) is 4.24. The van der Waals surface area contributed by atoms with Crippen LogP contribution in [0.15, 0.2) is 23.3 Å². The van der Waals surface area contributed by atoms with Gasteiger partial charge in [0.25, 0.3) is 0 Å². The van der Waals surface area contributed by atoms with E-state index in [1.165, 1.54) is 11.1 Å². The normalized spacial score (nSPS) is 55.8. The maximum absolute atomic E-state index is 12.9. The highest BCUT2D eigenvalue weighted by Gasteiger charge is 2.74. The first-order valence-electron chi connectivity index (χ1n) is 17.2. The van der Waals surface area contributed by atoms with E-state index in [1.807, 2.05) is 6.92 Å². The first-order valence-corrected chi connectivity index (χ1v) is 17.2. The molecule has 45 heavy (non-hydrogen) atoms. The van der Waals surface area contributed by atoms with Crippen molar-refractivity contribution in [3.8, 4) is 0 Å². The molecule has 0 aromatic heterocycles. The van der Waals surface area contributed by atoms with Crippen molar-refractivity contribution in [3.05, 3.63) is 23.3 Å². The highest BCUT2D eigenvalue weighted by molar-refractivity contribution is 5.47. The van der Waals surface area contributed by atoms with Gasteiger partial charge in [0.2, 0.25) is 0 Å². The molecule has 5 aliphatic carbocycles. The lowest BCUT2D eigenvalue weighted by Crippen LogP contribution is -2.74. The summed E-state index contributed by atoms with van der Waals surface area (Å²) in [6.07, 6.45) is 2.32. The smallest absolute Gasteiger partial charge is 0.186 e. The number of aliphatic hydroxyl groups is 7. The van der Waals surface area contributed by atoms with Gasteiger partial charge in [-0.3, -0.25) is 0 Å². The van der Waals surface area contributed by atoms with E-state index in [2.05, 4.69) is 46.8 Å². The van der Waals surface area contributed by atoms with Crippen LogP contribution in [0.3, 0.4) is 0 Å². The fraction of sp³-hybridized carbons (Fsp3) is 0.889. The van der Waals surface area contributed by atoms with E-state index in [-0.39, 0.29) is 35.4 Å². The van der Waals surface area contributed by atoms with Gasteiger partial charge >= 0.3 is 0 Å². The molecule has 0 radical (unpaired) electrons. The largest absolute Gasteiger partial charge is 0.396 e. The van der Waals surface area contributed by atoms with Crippen LogP contribution in [-0.2, 0) is 9.47 Å². The van der Waals surface area contributed by atoms with Crippen LogP contribution < -0.4 is 0 Å². The molecule has 1 aliphatic heterocycles. The third-order valence-corrected chi connectivity index (χ3v) is 15.0. The second-order valence-corrected chi connectivity index (χ2v) is 17.6. The standard InChI is InChI=1S/C36H58O9/c1-20-26(40)27(41)28(42)29(44-20)45-25-10-11-32(5)23-9-8-21-22-16-30(2,3)12-14-35(22,19-38)24(39)17-33(21,6)31(23,4)13-15-36(32,43)34(25,7)18-37/h8-9,20,23-29,37-43H,10-19H2,1-7H3/t20-,23+,24-,25+,26+,27+,28-,29+,31-,32-,33-,34-,35-,36+/m1/s1. The van der Waals surface area contributed by atoms with Gasteiger partial charge in [-0.25, -0.2) is 0 Å². The fourth-order valence-electron chi connectivity index (χ4n) is 11.4. The predicted octanol–water partition coefficient (Wildman–Crippen LogP) is 2.97. The molecule has 14 atom stereocenters. The van der Waals surface area contributed by atoms with Crippen molar-refractivity contribution in [1.82, 2.24) is 0 Å². The minimum atomic E-state index is -1.47. The van der Waals surface area contributed by atoms with Crippen LogP contribution in [0.2, 0.25) is 0 Å². The van der Waals surface area contributed by atoms with Crippen molar-refractivity contribution < 1.29 is 45.2 Å². The van der Waals surface area contributed by atoms with E-state index in [9.17, 15) is 35.7 Å². The Morgan fingerprint density at radius 2 is 1.53 bits per heavy atom. The molecule has 0 aromatic rings. The Morgan fingerprint density at radius 1 is 0.844 bits per heavy atom. The predicted molar refractivity (Wildman–Crippen MR) is 168 cm³/mol. The number of ether oxygens (including phenoxy) is 2. The molecule has 7 N–H and O–H groups in total. The number of hydrogen-bond acceptors (Lipinski definition) is 9. The maximum atomic E-state index is 12.9. The molecule has 3 saturated carbocycles. The zero-order chi connectivity index (χ0) is 33.2. The summed E-state index contributed by atoms with van der Waals surface area (Å²) in [6, 6.07) is 0. The summed E-state index contributed by atoms with van der Waals surface area (Å²) in [7, 11) is 0. The molecular weight excluding hydrogens is 576 g/mol. The van der Waals surface area contributed by atoms with E-state index >= 15 is 0 Å². The van der Waals surface area contributed by atoms with Gasteiger partial charge in [-0.2, -0.15) is 0 Å². The van der Waals surface area contributed by atoms with Crippen LogP contribution >= 0.6 is 0 Å². The Hall–Kier alpha value is -0.880. The lowest BCUT2D eigenvalue weighted by Gasteiger charge is -2.72. The zero-order valence-corrected chi connectivity index (χ0v) is 28.3. The summed E-state index contributed by atoms with van der Waals surface area (Å²) in [4.78, 5) is 0. The van der Waals surface area contributed by atoms with E-state index in [0.29, 0.717) is 32.1 Å². The average Bonchev–Trinajstić information content (AvgIpc) is 2.98. The van der Waals surface area contributed by atoms with Crippen molar-refractivity contribution in [1.29, 1.82) is 0 Å². The molecular formula is C36H58O9. The molecule has 0 bridgehead atoms. The monoisotopic (exact) mass is 634 g/mol. The first-order chi connectivity index (χ1) is 20.8. The van der Waals surface area contributed by atoms with Gasteiger partial charge in [0.15, 0.2) is 6.29 Å². The number of fused-ring (bicyclic) bond motifs is 6. The topological polar surface area (TPSA) is 160 Å². The van der Waals surface area contributed by atoms with Gasteiger partial charge in [-0.15, -0.1) is 0 Å². The Morgan fingerprint density at radius 3 is 2.18 bits per heavy atom. The summed E-state index contributed by atoms with van der Waals surface area (Å²) in [6.45, 7) is 14.3. The van der Waals surface area contributed by atoms with Gasteiger partial charge in [0.1, 0.15) is 18.3 Å². The van der Waals surface area contributed by atoms with Crippen LogP contribution in [0.5, 0.6) is 0 Å². The summed E-state index contributed by atoms with van der Waals surface area (Å²) < 4.78 is 12.1. The van der Waals surface area contributed by atoms with E-state index in [4.69, 9.17) is 9.47 Å². The maximum Gasteiger partial charge on any atom is 0.186 e. The molecule has 9 heteroatoms. The second kappa shape index (κ2) is 10.6. The van der Waals surface area contributed by atoms with Gasteiger partial charge in [0, 0.05) is 21.7 Å². The summed E-state index contributed by atoms with van der Waals surface area (Å²) in [5, 5.41) is 77.9. The van der Waals surface area contributed by atoms with Crippen LogP contribution in [-0.4, -0.2) is 97.5 Å². The third-order valence-electron chi connectivity index (χ3n) is 15.0. The lowest BCUT2D eigenvalue weighted by atomic mass is 9.33. The first kappa shape index (κ1) is 34.0. The van der Waals surface area contributed by atoms with Crippen LogP contribution in [0, 0.1) is 38.4 Å². The fourth-order valence-corrected chi connectivity index (χ4v) is 11.4. The van der Waals surface area contributed by atoms with Gasteiger partial charge in [0.05, 0.1) is 37.1 Å². The Labute approximate surface area is 268 Å². The zero-order valence-electron chi connectivity index (χ0n) is 28.3. The Kier molecular flexibility index (Phi) is 7.98. The quantitative estimate of drug-likeness (QED) is 0.231. The summed E-state index contributed by atoms with van der Waals surface area (Å²) in [5.41, 5.74) is -1.88. The molecule has 6 rings (SSSR count).